The fourth-order valence-corrected chi connectivity index (χ4v) is 2.01. The maximum atomic E-state index is 11.0. The molecule has 1 aliphatic rings. The highest BCUT2D eigenvalue weighted by atomic mass is 32.2. The number of carbonyl (C=O) groups is 1. The van der Waals surface area contributed by atoms with Crippen LogP contribution in [0.3, 0.4) is 0 Å². The number of ether oxygens (including phenoxy) is 2. The Labute approximate surface area is 156 Å². The fourth-order valence-electron chi connectivity index (χ4n) is 1.41. The number of carbonyl (C=O) groups excluding carboxylic acids is 1. The highest BCUT2D eigenvalue weighted by molar-refractivity contribution is 7.89. The van der Waals surface area contributed by atoms with E-state index in [1.54, 1.807) is 0 Å². The van der Waals surface area contributed by atoms with Crippen LogP contribution in [0.15, 0.2) is 11.1 Å². The summed E-state index contributed by atoms with van der Waals surface area (Å²) in [7, 11) is -2.20. The van der Waals surface area contributed by atoms with Gasteiger partial charge in [-0.05, 0) is 20.8 Å². The second-order valence-corrected chi connectivity index (χ2v) is 6.84. The molecule has 11 heteroatoms. The van der Waals surface area contributed by atoms with Crippen molar-refractivity contribution in [3.63, 3.8) is 0 Å². The highest BCUT2D eigenvalue weighted by Crippen LogP contribution is 2.22. The summed E-state index contributed by atoms with van der Waals surface area (Å²) in [4.78, 5) is 10.4. The van der Waals surface area contributed by atoms with E-state index in [0.29, 0.717) is 6.67 Å². The first-order valence-corrected chi connectivity index (χ1v) is 9.92. The van der Waals surface area contributed by atoms with E-state index in [4.69, 9.17) is 14.6 Å². The Morgan fingerprint density at radius 2 is 1.88 bits per heavy atom. The molecule has 154 valence electrons. The standard InChI is InChI=1S/C6H13NO2.C5H8N4O3S.2C2H6/c1-6(2,3)9-5(8)7-4;6-13(10,11)4-1-8-9-2-7-3-12-5(4)9;2*1-2/h1-4H3,(H,7,8);1,7H,2-3H2,(H2,6,10,11);2*1-2H3. The summed E-state index contributed by atoms with van der Waals surface area (Å²) in [6.45, 7) is 14.1. The first-order chi connectivity index (χ1) is 12.0. The van der Waals surface area contributed by atoms with Gasteiger partial charge in [-0.15, -0.1) is 0 Å². The lowest BCUT2D eigenvalue weighted by molar-refractivity contribution is 0.0541. The maximum Gasteiger partial charge on any atom is 0.407 e. The van der Waals surface area contributed by atoms with Crippen LogP contribution in [0.2, 0.25) is 0 Å². The number of aromatic nitrogens is 2. The van der Waals surface area contributed by atoms with E-state index >= 15 is 0 Å². The topological polar surface area (TPSA) is 138 Å². The van der Waals surface area contributed by atoms with E-state index in [1.807, 2.05) is 48.5 Å². The number of rotatable bonds is 1. The number of nitrogens with zero attached hydrogens (tertiary/aromatic N) is 2. The molecule has 1 aromatic heterocycles. The van der Waals surface area contributed by atoms with Crippen LogP contribution in [0.25, 0.3) is 0 Å². The second kappa shape index (κ2) is 12.5. The Bertz CT molecular complexity index is 623. The molecule has 26 heavy (non-hydrogen) atoms. The molecule has 0 atom stereocenters. The van der Waals surface area contributed by atoms with Crippen molar-refractivity contribution in [2.24, 2.45) is 5.14 Å². The van der Waals surface area contributed by atoms with Crippen LogP contribution in [-0.4, -0.2) is 43.7 Å². The summed E-state index contributed by atoms with van der Waals surface area (Å²) in [6, 6.07) is 0. The van der Waals surface area contributed by atoms with Crippen LogP contribution in [0.4, 0.5) is 4.79 Å². The summed E-state index contributed by atoms with van der Waals surface area (Å²) in [5, 5.41) is 13.9. The van der Waals surface area contributed by atoms with Crippen LogP contribution < -0.4 is 20.5 Å². The molecule has 10 nitrogen and oxygen atoms in total. The first-order valence-electron chi connectivity index (χ1n) is 8.37. The van der Waals surface area contributed by atoms with Gasteiger partial charge >= 0.3 is 6.09 Å². The second-order valence-electron chi connectivity index (χ2n) is 5.31. The fraction of sp³-hybridized carbons (Fsp3) is 0.733. The zero-order chi connectivity index (χ0) is 21.0. The van der Waals surface area contributed by atoms with Gasteiger partial charge in [-0.3, -0.25) is 5.32 Å². The van der Waals surface area contributed by atoms with Gasteiger partial charge in [-0.1, -0.05) is 27.7 Å². The molecule has 1 aliphatic heterocycles. The molecule has 1 aromatic rings. The minimum absolute atomic E-state index is 0.0750. The molecular weight excluding hydrogens is 362 g/mol. The van der Waals surface area contributed by atoms with E-state index in [-0.39, 0.29) is 29.2 Å². The van der Waals surface area contributed by atoms with Crippen LogP contribution in [-0.2, 0) is 21.4 Å². The normalized spacial score (nSPS) is 12.3. The number of alkyl carbamates (subject to hydrolysis) is 1. The Kier molecular flexibility index (Phi) is 12.7. The Morgan fingerprint density at radius 1 is 1.35 bits per heavy atom. The number of hydrogen-bond donors (Lipinski definition) is 3. The number of hydrogen-bond acceptors (Lipinski definition) is 7. The third-order valence-electron chi connectivity index (χ3n) is 2.24. The largest absolute Gasteiger partial charge is 0.461 e. The van der Waals surface area contributed by atoms with Gasteiger partial charge in [0, 0.05) is 7.05 Å². The zero-order valence-corrected chi connectivity index (χ0v) is 17.7. The van der Waals surface area contributed by atoms with Gasteiger partial charge in [0.1, 0.15) is 12.3 Å². The number of primary sulfonamides is 1. The number of fused-ring (bicyclic) bond motifs is 1. The third kappa shape index (κ3) is 10.2. The molecule has 2 heterocycles. The summed E-state index contributed by atoms with van der Waals surface area (Å²) in [5.74, 6) is 0.196. The molecule has 0 bridgehead atoms. The van der Waals surface area contributed by atoms with Crippen molar-refractivity contribution in [1.29, 1.82) is 0 Å². The van der Waals surface area contributed by atoms with Gasteiger partial charge in [0.05, 0.1) is 12.9 Å². The van der Waals surface area contributed by atoms with Crippen LogP contribution >= 0.6 is 0 Å². The summed E-state index contributed by atoms with van der Waals surface area (Å²) >= 11 is 0. The van der Waals surface area contributed by atoms with Gasteiger partial charge in [0.25, 0.3) is 0 Å². The minimum atomic E-state index is -3.74. The molecule has 0 aliphatic carbocycles. The molecule has 0 saturated carbocycles. The molecule has 0 spiro atoms. The molecule has 4 N–H and O–H groups in total. The Morgan fingerprint density at radius 3 is 2.27 bits per heavy atom. The summed E-state index contributed by atoms with van der Waals surface area (Å²) < 4.78 is 33.3. The van der Waals surface area contributed by atoms with E-state index < -0.39 is 10.0 Å². The van der Waals surface area contributed by atoms with Gasteiger partial charge in [0.15, 0.2) is 4.90 Å². The smallest absolute Gasteiger partial charge is 0.407 e. The molecule has 1 amide bonds. The lowest BCUT2D eigenvalue weighted by Crippen LogP contribution is -2.31. The number of nitrogens with two attached hydrogens (primary N) is 1. The van der Waals surface area contributed by atoms with Crippen molar-refractivity contribution in [3.8, 4) is 5.88 Å². The molecule has 0 saturated heterocycles. The Hall–Kier alpha value is -1.85. The highest BCUT2D eigenvalue weighted by Gasteiger charge is 2.23. The third-order valence-corrected chi connectivity index (χ3v) is 3.13. The molecule has 0 radical (unpaired) electrons. The van der Waals surface area contributed by atoms with E-state index in [2.05, 4.69) is 15.7 Å². The van der Waals surface area contributed by atoms with Crippen molar-refractivity contribution in [2.45, 2.75) is 65.6 Å². The molecule has 0 aromatic carbocycles. The zero-order valence-electron chi connectivity index (χ0n) is 16.9. The van der Waals surface area contributed by atoms with Crippen LogP contribution in [0, 0.1) is 0 Å². The van der Waals surface area contributed by atoms with Crippen molar-refractivity contribution >= 4 is 16.1 Å². The van der Waals surface area contributed by atoms with Crippen LogP contribution in [0.1, 0.15) is 48.5 Å². The van der Waals surface area contributed by atoms with Crippen molar-refractivity contribution in [1.82, 2.24) is 20.4 Å². The van der Waals surface area contributed by atoms with Crippen molar-refractivity contribution in [3.05, 3.63) is 6.20 Å². The quantitative estimate of drug-likeness (QED) is 0.657. The van der Waals surface area contributed by atoms with Crippen molar-refractivity contribution in [2.75, 3.05) is 13.8 Å². The molecule has 0 unspecified atom stereocenters. The van der Waals surface area contributed by atoms with E-state index in [9.17, 15) is 13.2 Å². The van der Waals surface area contributed by atoms with E-state index in [1.165, 1.54) is 17.9 Å². The minimum Gasteiger partial charge on any atom is -0.461 e. The Balaban J connectivity index is 0. The van der Waals surface area contributed by atoms with Gasteiger partial charge < -0.3 is 14.8 Å². The first kappa shape index (κ1) is 26.4. The SMILES string of the molecule is CC.CC.CNC(=O)OC(C)(C)C.NS(=O)(=O)c1cnn2c1OCNC2. The maximum absolute atomic E-state index is 11.0. The summed E-state index contributed by atoms with van der Waals surface area (Å²) in [5.41, 5.74) is -0.389. The molecule has 0 fully saturated rings. The lowest BCUT2D eigenvalue weighted by atomic mass is 10.2. The number of amides is 1. The van der Waals surface area contributed by atoms with Gasteiger partial charge in [-0.2, -0.15) is 5.10 Å². The molecule has 2 rings (SSSR count). The van der Waals surface area contributed by atoms with Gasteiger partial charge in [0.2, 0.25) is 15.9 Å². The average Bonchev–Trinajstić information content (AvgIpc) is 3.02. The molecular formula is C15H33N5O5S. The predicted molar refractivity (Wildman–Crippen MR) is 100 cm³/mol. The number of nitrogens with one attached hydrogen (secondary N) is 2. The van der Waals surface area contributed by atoms with Crippen molar-refractivity contribution < 1.29 is 22.7 Å². The van der Waals surface area contributed by atoms with Gasteiger partial charge in [-0.25, -0.2) is 23.0 Å². The number of sulfonamides is 1. The average molecular weight is 396 g/mol. The predicted octanol–water partition coefficient (Wildman–Crippen LogP) is 1.62. The van der Waals surface area contributed by atoms with E-state index in [0.717, 1.165) is 0 Å². The monoisotopic (exact) mass is 395 g/mol. The lowest BCUT2D eigenvalue weighted by Gasteiger charge is -2.18. The summed E-state index contributed by atoms with van der Waals surface area (Å²) in [6.07, 6.45) is 0.792. The van der Waals surface area contributed by atoms with Crippen LogP contribution in [0.5, 0.6) is 5.88 Å².